The first kappa shape index (κ1) is 7.85. The fraction of sp³-hybridized carbons (Fsp3) is 1.00. The van der Waals surface area contributed by atoms with Crippen LogP contribution in [-0.4, -0.2) is 20.3 Å². The smallest absolute Gasteiger partial charge is 0.0766 e. The number of ether oxygens (including phenoxy) is 1. The van der Waals surface area contributed by atoms with Gasteiger partial charge in [-0.3, -0.25) is 0 Å². The van der Waals surface area contributed by atoms with Gasteiger partial charge in [0.2, 0.25) is 0 Å². The second-order valence-corrected chi connectivity index (χ2v) is 1.47. The van der Waals surface area contributed by atoms with Crippen molar-refractivity contribution in [2.75, 3.05) is 20.3 Å². The lowest BCUT2D eigenvalue weighted by molar-refractivity contribution is -0.0960. The molecule has 8 heavy (non-hydrogen) atoms. The van der Waals surface area contributed by atoms with Gasteiger partial charge in [0.25, 0.3) is 0 Å². The summed E-state index contributed by atoms with van der Waals surface area (Å²) in [5.74, 6) is 0. The minimum absolute atomic E-state index is 0.958. The van der Waals surface area contributed by atoms with E-state index in [4.69, 9.17) is 4.74 Å². The van der Waals surface area contributed by atoms with Crippen LogP contribution in [0.5, 0.6) is 0 Å². The highest BCUT2D eigenvalue weighted by Gasteiger charge is 1.94. The largest absolute Gasteiger partial charge is 0.381 e. The van der Waals surface area contributed by atoms with Crippen molar-refractivity contribution in [2.24, 2.45) is 0 Å². The molecule has 2 nitrogen and oxygen atoms in total. The lowest BCUT2D eigenvalue weighted by atomic mass is 10.4. The minimum Gasteiger partial charge on any atom is -0.381 e. The molecule has 3 heteroatoms. The molecule has 0 N–H and O–H groups in total. The molecule has 1 aliphatic rings. The Kier molecular flexibility index (Phi) is 6.72. The van der Waals surface area contributed by atoms with Gasteiger partial charge in [0.15, 0.2) is 0 Å². The van der Waals surface area contributed by atoms with Crippen LogP contribution in [0.4, 0.5) is 4.53 Å². The van der Waals surface area contributed by atoms with Crippen LogP contribution in [0.15, 0.2) is 0 Å². The maximum atomic E-state index is 9.79. The van der Waals surface area contributed by atoms with E-state index in [0.717, 1.165) is 20.3 Å². The highest BCUT2D eigenvalue weighted by molar-refractivity contribution is 4.43. The van der Waals surface area contributed by atoms with Crippen LogP contribution in [0.1, 0.15) is 12.8 Å². The summed E-state index contributed by atoms with van der Waals surface area (Å²) in [6.07, 6.45) is 2.56. The highest BCUT2D eigenvalue weighted by Crippen LogP contribution is 1.98. The second-order valence-electron chi connectivity index (χ2n) is 1.47. The highest BCUT2D eigenvalue weighted by atomic mass is 19.3. The zero-order valence-electron chi connectivity index (χ0n) is 5.02. The average Bonchev–Trinajstić information content (AvgIpc) is 2.17. The van der Waals surface area contributed by atoms with E-state index >= 15 is 0 Å². The molecule has 0 bridgehead atoms. The van der Waals surface area contributed by atoms with Gasteiger partial charge in [0.1, 0.15) is 0 Å². The van der Waals surface area contributed by atoms with Crippen LogP contribution >= 0.6 is 0 Å². The molecule has 1 aliphatic heterocycles. The van der Waals surface area contributed by atoms with Crippen molar-refractivity contribution in [2.45, 2.75) is 12.8 Å². The van der Waals surface area contributed by atoms with E-state index < -0.39 is 0 Å². The van der Waals surface area contributed by atoms with Crippen LogP contribution in [0.25, 0.3) is 0 Å². The third-order valence-corrected chi connectivity index (χ3v) is 0.827. The Balaban J connectivity index is 0.000000145. The van der Waals surface area contributed by atoms with E-state index in [0.29, 0.717) is 0 Å². The lowest BCUT2D eigenvalue weighted by Gasteiger charge is -1.76. The second kappa shape index (κ2) is 6.85. The third kappa shape index (κ3) is 5.85. The molecule has 0 unspecified atom stereocenters. The van der Waals surface area contributed by atoms with Crippen LogP contribution < -0.4 is 0 Å². The van der Waals surface area contributed by atoms with Gasteiger partial charge < -0.3 is 4.74 Å². The molecular weight excluding hydrogens is 111 g/mol. The van der Waals surface area contributed by atoms with Crippen LogP contribution in [0, 0.1) is 0 Å². The monoisotopic (exact) mass is 122 g/mol. The Labute approximate surface area is 48.5 Å². The third-order valence-electron chi connectivity index (χ3n) is 0.827. The fourth-order valence-corrected chi connectivity index (χ4v) is 0.510. The Morgan fingerprint density at radius 3 is 1.88 bits per heavy atom. The molecule has 0 aliphatic carbocycles. The van der Waals surface area contributed by atoms with Gasteiger partial charge in [-0.2, -0.15) is 4.94 Å². The molecule has 0 saturated carbocycles. The number of halogens is 1. The molecule has 1 heterocycles. The van der Waals surface area contributed by atoms with Crippen molar-refractivity contribution < 1.29 is 14.2 Å². The molecule has 1 saturated heterocycles. The Bertz CT molecular complexity index is 29.8. The molecule has 0 aromatic heterocycles. The summed E-state index contributed by atoms with van der Waals surface area (Å²) in [4.78, 5) is 2.75. The normalized spacial score (nSPS) is 17.2. The zero-order valence-corrected chi connectivity index (χ0v) is 5.02. The van der Waals surface area contributed by atoms with Crippen molar-refractivity contribution >= 4 is 0 Å². The summed E-state index contributed by atoms with van der Waals surface area (Å²) in [7, 11) is 0.958. The lowest BCUT2D eigenvalue weighted by Crippen LogP contribution is -1.74. The van der Waals surface area contributed by atoms with E-state index in [2.05, 4.69) is 4.94 Å². The predicted molar refractivity (Wildman–Crippen MR) is 28.2 cm³/mol. The van der Waals surface area contributed by atoms with Gasteiger partial charge in [-0.1, -0.05) is 0 Å². The van der Waals surface area contributed by atoms with E-state index in [1.165, 1.54) is 12.8 Å². The Morgan fingerprint density at radius 1 is 1.38 bits per heavy atom. The van der Waals surface area contributed by atoms with Crippen molar-refractivity contribution in [1.82, 2.24) is 0 Å². The Hall–Kier alpha value is -0.150. The van der Waals surface area contributed by atoms with Gasteiger partial charge >= 0.3 is 0 Å². The van der Waals surface area contributed by atoms with Crippen molar-refractivity contribution in [3.8, 4) is 0 Å². The molecule has 1 fully saturated rings. The first-order valence-corrected chi connectivity index (χ1v) is 2.64. The van der Waals surface area contributed by atoms with Gasteiger partial charge in [0, 0.05) is 13.2 Å². The SMILES string of the molecule is C1CCOC1.COF. The summed E-state index contributed by atoms with van der Waals surface area (Å²) in [5, 5.41) is 0. The number of rotatable bonds is 0. The summed E-state index contributed by atoms with van der Waals surface area (Å²) < 4.78 is 14.7. The van der Waals surface area contributed by atoms with Gasteiger partial charge in [0.05, 0.1) is 7.11 Å². The first-order chi connectivity index (χ1) is 3.91. The number of hydrogen-bond acceptors (Lipinski definition) is 2. The van der Waals surface area contributed by atoms with Crippen LogP contribution in [0.3, 0.4) is 0 Å². The van der Waals surface area contributed by atoms with E-state index in [1.54, 1.807) is 0 Å². The first-order valence-electron chi connectivity index (χ1n) is 2.64. The van der Waals surface area contributed by atoms with E-state index in [1.807, 2.05) is 0 Å². The topological polar surface area (TPSA) is 18.5 Å². The summed E-state index contributed by atoms with van der Waals surface area (Å²) in [5.41, 5.74) is 0. The molecule has 0 aromatic rings. The van der Waals surface area contributed by atoms with Gasteiger partial charge in [-0.15, -0.1) is 0 Å². The maximum absolute atomic E-state index is 9.79. The standard InChI is InChI=1S/C4H8O.CH3FO/c1-2-4-5-3-1;1-3-2/h1-4H2;1H3. The van der Waals surface area contributed by atoms with E-state index in [9.17, 15) is 4.53 Å². The van der Waals surface area contributed by atoms with Gasteiger partial charge in [-0.05, 0) is 17.4 Å². The van der Waals surface area contributed by atoms with Crippen LogP contribution in [0.2, 0.25) is 0 Å². The zero-order chi connectivity index (χ0) is 6.24. The molecule has 0 spiro atoms. The maximum Gasteiger partial charge on any atom is 0.0766 e. The molecule has 0 radical (unpaired) electrons. The summed E-state index contributed by atoms with van der Waals surface area (Å²) in [6, 6.07) is 0. The number of hydrogen-bond donors (Lipinski definition) is 0. The molecule has 0 amide bonds. The van der Waals surface area contributed by atoms with E-state index in [-0.39, 0.29) is 0 Å². The van der Waals surface area contributed by atoms with Gasteiger partial charge in [-0.25, -0.2) is 0 Å². The minimum atomic E-state index is 0.958. The molecular formula is C5H11FO2. The average molecular weight is 122 g/mol. The molecule has 0 atom stereocenters. The quantitative estimate of drug-likeness (QED) is 0.482. The molecule has 1 rings (SSSR count). The fourth-order valence-electron chi connectivity index (χ4n) is 0.510. The van der Waals surface area contributed by atoms with Crippen LogP contribution in [-0.2, 0) is 9.68 Å². The summed E-state index contributed by atoms with van der Waals surface area (Å²) >= 11 is 0. The van der Waals surface area contributed by atoms with Crippen molar-refractivity contribution in [3.63, 3.8) is 0 Å². The Morgan fingerprint density at radius 2 is 1.75 bits per heavy atom. The van der Waals surface area contributed by atoms with Crippen molar-refractivity contribution in [3.05, 3.63) is 0 Å². The van der Waals surface area contributed by atoms with Crippen molar-refractivity contribution in [1.29, 1.82) is 0 Å². The summed E-state index contributed by atoms with van der Waals surface area (Å²) in [6.45, 7) is 2.00. The molecule has 0 aromatic carbocycles. The predicted octanol–water partition coefficient (Wildman–Crippen LogP) is 1.31. The molecule has 50 valence electrons.